The van der Waals surface area contributed by atoms with Crippen molar-refractivity contribution in [3.8, 4) is 0 Å². The molecule has 0 fully saturated rings. The number of nitrogens with two attached hydrogens (primary N) is 1. The smallest absolute Gasteiger partial charge is 0.269 e. The summed E-state index contributed by atoms with van der Waals surface area (Å²) in [7, 11) is 0. The lowest BCUT2D eigenvalue weighted by Crippen LogP contribution is -2.14. The monoisotopic (exact) mass is 335 g/mol. The molecule has 104 valence electrons. The lowest BCUT2D eigenvalue weighted by Gasteiger charge is -2.16. The van der Waals surface area contributed by atoms with Crippen LogP contribution in [0.25, 0.3) is 0 Å². The molecule has 2 rings (SSSR count). The van der Waals surface area contributed by atoms with Crippen LogP contribution >= 0.6 is 15.9 Å². The summed E-state index contributed by atoms with van der Waals surface area (Å²) in [5.41, 5.74) is 8.88. The number of nitro benzene ring substituents is 1. The molecule has 2 N–H and O–H groups in total. The van der Waals surface area contributed by atoms with E-state index in [1.807, 2.05) is 13.0 Å². The zero-order chi connectivity index (χ0) is 14.7. The van der Waals surface area contributed by atoms with E-state index in [1.165, 1.54) is 6.07 Å². The molecule has 0 aliphatic rings. The van der Waals surface area contributed by atoms with E-state index < -0.39 is 11.0 Å². The van der Waals surface area contributed by atoms with Gasteiger partial charge in [0, 0.05) is 29.0 Å². The molecule has 0 radical (unpaired) electrons. The Labute approximate surface area is 125 Å². The molecule has 1 aromatic heterocycles. The van der Waals surface area contributed by atoms with Crippen LogP contribution in [-0.4, -0.2) is 9.91 Å². The van der Waals surface area contributed by atoms with Gasteiger partial charge in [0.2, 0.25) is 0 Å². The Morgan fingerprint density at radius 1 is 1.40 bits per heavy atom. The predicted octanol–water partition coefficient (Wildman–Crippen LogP) is 3.36. The summed E-state index contributed by atoms with van der Waals surface area (Å²) in [5, 5.41) is 10.9. The van der Waals surface area contributed by atoms with Crippen molar-refractivity contribution in [2.45, 2.75) is 19.4 Å². The number of benzene rings is 1. The molecule has 1 heterocycles. The lowest BCUT2D eigenvalue weighted by atomic mass is 9.94. The van der Waals surface area contributed by atoms with E-state index in [1.54, 1.807) is 24.5 Å². The fourth-order valence-electron chi connectivity index (χ4n) is 2.09. The minimum Gasteiger partial charge on any atom is -0.320 e. The van der Waals surface area contributed by atoms with E-state index in [4.69, 9.17) is 5.73 Å². The van der Waals surface area contributed by atoms with E-state index in [2.05, 4.69) is 20.9 Å². The molecule has 0 aliphatic heterocycles. The van der Waals surface area contributed by atoms with Gasteiger partial charge in [0.25, 0.3) is 5.69 Å². The summed E-state index contributed by atoms with van der Waals surface area (Å²) in [6.07, 6.45) is 4.11. The van der Waals surface area contributed by atoms with Gasteiger partial charge in [-0.2, -0.15) is 0 Å². The second kappa shape index (κ2) is 6.11. The van der Waals surface area contributed by atoms with Crippen molar-refractivity contribution < 1.29 is 4.92 Å². The number of hydrogen-bond donors (Lipinski definition) is 1. The van der Waals surface area contributed by atoms with Crippen molar-refractivity contribution in [2.24, 2.45) is 5.73 Å². The first-order valence-corrected chi connectivity index (χ1v) is 6.95. The van der Waals surface area contributed by atoms with Gasteiger partial charge in [-0.3, -0.25) is 15.1 Å². The molecule has 0 saturated heterocycles. The van der Waals surface area contributed by atoms with Gasteiger partial charge in [-0.15, -0.1) is 0 Å². The maximum atomic E-state index is 10.9. The topological polar surface area (TPSA) is 82.0 Å². The molecule has 0 saturated carbocycles. The molecule has 20 heavy (non-hydrogen) atoms. The van der Waals surface area contributed by atoms with Crippen LogP contribution in [0.5, 0.6) is 0 Å². The number of aryl methyl sites for hydroxylation is 1. The van der Waals surface area contributed by atoms with Crippen molar-refractivity contribution in [3.63, 3.8) is 0 Å². The highest BCUT2D eigenvalue weighted by Crippen LogP contribution is 2.28. The molecule has 0 bridgehead atoms. The average molecular weight is 336 g/mol. The fourth-order valence-corrected chi connectivity index (χ4v) is 2.47. The molecular formula is C14H14BrN3O2. The maximum absolute atomic E-state index is 10.9. The first-order chi connectivity index (χ1) is 9.52. The van der Waals surface area contributed by atoms with Crippen molar-refractivity contribution in [1.82, 2.24) is 4.98 Å². The summed E-state index contributed by atoms with van der Waals surface area (Å²) in [4.78, 5) is 14.6. The largest absolute Gasteiger partial charge is 0.320 e. The summed E-state index contributed by atoms with van der Waals surface area (Å²) >= 11 is 3.35. The highest BCUT2D eigenvalue weighted by Gasteiger charge is 2.17. The number of nitro groups is 1. The maximum Gasteiger partial charge on any atom is 0.269 e. The van der Waals surface area contributed by atoms with Crippen LogP contribution in [-0.2, 0) is 6.42 Å². The second-order valence-electron chi connectivity index (χ2n) is 4.41. The third kappa shape index (κ3) is 3.02. The number of hydrogen-bond acceptors (Lipinski definition) is 4. The van der Waals surface area contributed by atoms with E-state index in [0.717, 1.165) is 27.6 Å². The number of halogens is 1. The van der Waals surface area contributed by atoms with Crippen molar-refractivity contribution >= 4 is 21.6 Å². The second-order valence-corrected chi connectivity index (χ2v) is 5.32. The van der Waals surface area contributed by atoms with E-state index in [9.17, 15) is 10.1 Å². The van der Waals surface area contributed by atoms with Crippen LogP contribution in [0.1, 0.15) is 29.7 Å². The molecule has 1 unspecified atom stereocenters. The Morgan fingerprint density at radius 3 is 2.75 bits per heavy atom. The van der Waals surface area contributed by atoms with Crippen LogP contribution < -0.4 is 5.73 Å². The zero-order valence-corrected chi connectivity index (χ0v) is 12.5. The Morgan fingerprint density at radius 2 is 2.15 bits per heavy atom. The van der Waals surface area contributed by atoms with Crippen LogP contribution in [0, 0.1) is 10.1 Å². The minimum absolute atomic E-state index is 0.0515. The molecule has 5 nitrogen and oxygen atoms in total. The van der Waals surface area contributed by atoms with E-state index >= 15 is 0 Å². The number of pyridine rings is 1. The van der Waals surface area contributed by atoms with Gasteiger partial charge in [-0.1, -0.05) is 13.0 Å². The summed E-state index contributed by atoms with van der Waals surface area (Å²) in [6, 6.07) is 6.25. The van der Waals surface area contributed by atoms with Crippen molar-refractivity contribution in [2.75, 3.05) is 0 Å². The van der Waals surface area contributed by atoms with Crippen molar-refractivity contribution in [1.29, 1.82) is 0 Å². The standard InChI is InChI=1S/C14H14BrN3O2/c1-2-9-3-4-12(18(19)20)6-13(9)14(16)10-5-11(15)8-17-7-10/h3-8,14H,2,16H2,1H3. The molecular weight excluding hydrogens is 322 g/mol. The first-order valence-electron chi connectivity index (χ1n) is 6.16. The summed E-state index contributed by atoms with van der Waals surface area (Å²) in [5.74, 6) is 0. The Bertz CT molecular complexity index is 646. The van der Waals surface area contributed by atoms with Crippen molar-refractivity contribution in [3.05, 3.63) is 67.9 Å². The summed E-state index contributed by atoms with van der Waals surface area (Å²) in [6.45, 7) is 2.00. The Kier molecular flexibility index (Phi) is 4.46. The minimum atomic E-state index is -0.435. The van der Waals surface area contributed by atoms with Gasteiger partial charge in [-0.25, -0.2) is 0 Å². The van der Waals surface area contributed by atoms with Gasteiger partial charge in [0.1, 0.15) is 0 Å². The highest BCUT2D eigenvalue weighted by molar-refractivity contribution is 9.10. The Balaban J connectivity index is 2.49. The Hall–Kier alpha value is -1.79. The quantitative estimate of drug-likeness (QED) is 0.685. The number of non-ortho nitro benzene ring substituents is 1. The van der Waals surface area contributed by atoms with Crippen LogP contribution in [0.15, 0.2) is 41.1 Å². The fraction of sp³-hybridized carbons (Fsp3) is 0.214. The van der Waals surface area contributed by atoms with Crippen LogP contribution in [0.4, 0.5) is 5.69 Å². The molecule has 2 aromatic rings. The van der Waals surface area contributed by atoms with Gasteiger partial charge < -0.3 is 5.73 Å². The molecule has 1 aromatic carbocycles. The molecule has 6 heteroatoms. The van der Waals surface area contributed by atoms with Gasteiger partial charge >= 0.3 is 0 Å². The molecule has 0 amide bonds. The third-order valence-corrected chi connectivity index (χ3v) is 3.58. The van der Waals surface area contributed by atoms with Gasteiger partial charge in [-0.05, 0) is 45.1 Å². The molecule has 0 spiro atoms. The van der Waals surface area contributed by atoms with Gasteiger partial charge in [0.15, 0.2) is 0 Å². The zero-order valence-electron chi connectivity index (χ0n) is 10.9. The molecule has 0 aliphatic carbocycles. The summed E-state index contributed by atoms with van der Waals surface area (Å²) < 4.78 is 0.828. The number of rotatable bonds is 4. The third-order valence-electron chi connectivity index (χ3n) is 3.14. The molecule has 1 atom stereocenters. The average Bonchev–Trinajstić information content (AvgIpc) is 2.45. The number of nitrogens with zero attached hydrogens (tertiary/aromatic N) is 2. The van der Waals surface area contributed by atoms with E-state index in [0.29, 0.717) is 0 Å². The van der Waals surface area contributed by atoms with Crippen LogP contribution in [0.3, 0.4) is 0 Å². The predicted molar refractivity (Wildman–Crippen MR) is 80.4 cm³/mol. The SMILES string of the molecule is CCc1ccc([N+](=O)[O-])cc1C(N)c1cncc(Br)c1. The highest BCUT2D eigenvalue weighted by atomic mass is 79.9. The van der Waals surface area contributed by atoms with Crippen LogP contribution in [0.2, 0.25) is 0 Å². The normalized spacial score (nSPS) is 12.2. The van der Waals surface area contributed by atoms with E-state index in [-0.39, 0.29) is 5.69 Å². The lowest BCUT2D eigenvalue weighted by molar-refractivity contribution is -0.384. The first kappa shape index (κ1) is 14.6. The van der Waals surface area contributed by atoms with Gasteiger partial charge in [0.05, 0.1) is 11.0 Å². The number of aromatic nitrogens is 1.